The first-order valence-corrected chi connectivity index (χ1v) is 4.55. The van der Waals surface area contributed by atoms with E-state index in [9.17, 15) is 0 Å². The number of nitrogens with two attached hydrogens (primary N) is 1. The molecule has 12 heavy (non-hydrogen) atoms. The van der Waals surface area contributed by atoms with Crippen LogP contribution < -0.4 is 10.6 Å². The number of aromatic nitrogens is 2. The van der Waals surface area contributed by atoms with Crippen LogP contribution in [-0.4, -0.2) is 35.7 Å². The van der Waals surface area contributed by atoms with Crippen LogP contribution >= 0.6 is 11.5 Å². The van der Waals surface area contributed by atoms with Crippen molar-refractivity contribution in [2.75, 3.05) is 36.9 Å². The van der Waals surface area contributed by atoms with Gasteiger partial charge in [-0.05, 0) is 0 Å². The van der Waals surface area contributed by atoms with E-state index in [1.807, 2.05) is 0 Å². The van der Waals surface area contributed by atoms with Gasteiger partial charge in [0.05, 0.1) is 13.2 Å². The second kappa shape index (κ2) is 3.24. The molecule has 0 aromatic carbocycles. The monoisotopic (exact) mass is 186 g/mol. The molecule has 1 fully saturated rings. The lowest BCUT2D eigenvalue weighted by Gasteiger charge is -2.25. The van der Waals surface area contributed by atoms with E-state index in [1.165, 1.54) is 11.5 Å². The highest BCUT2D eigenvalue weighted by Crippen LogP contribution is 2.15. The highest BCUT2D eigenvalue weighted by atomic mass is 32.1. The Kier molecular flexibility index (Phi) is 2.09. The Morgan fingerprint density at radius 3 is 2.75 bits per heavy atom. The zero-order valence-corrected chi connectivity index (χ0v) is 7.38. The topological polar surface area (TPSA) is 64.3 Å². The molecule has 1 saturated heterocycles. The number of rotatable bonds is 1. The number of hydrogen-bond donors (Lipinski definition) is 1. The highest BCUT2D eigenvalue weighted by molar-refractivity contribution is 7.09. The molecule has 1 aromatic rings. The van der Waals surface area contributed by atoms with Gasteiger partial charge >= 0.3 is 0 Å². The second-order valence-electron chi connectivity index (χ2n) is 2.53. The van der Waals surface area contributed by atoms with Crippen molar-refractivity contribution in [1.82, 2.24) is 9.36 Å². The first-order chi connectivity index (χ1) is 5.86. The van der Waals surface area contributed by atoms with E-state index in [4.69, 9.17) is 10.5 Å². The summed E-state index contributed by atoms with van der Waals surface area (Å²) in [6.07, 6.45) is 0. The third kappa shape index (κ3) is 1.49. The van der Waals surface area contributed by atoms with E-state index in [-0.39, 0.29) is 0 Å². The Morgan fingerprint density at radius 2 is 2.17 bits per heavy atom. The minimum absolute atomic E-state index is 0.525. The van der Waals surface area contributed by atoms with Crippen LogP contribution in [0.15, 0.2) is 0 Å². The normalized spacial score (nSPS) is 18.2. The van der Waals surface area contributed by atoms with Gasteiger partial charge in [0.1, 0.15) is 0 Å². The van der Waals surface area contributed by atoms with Gasteiger partial charge in [-0.25, -0.2) is 0 Å². The van der Waals surface area contributed by atoms with E-state index >= 15 is 0 Å². The van der Waals surface area contributed by atoms with Crippen molar-refractivity contribution < 1.29 is 4.74 Å². The van der Waals surface area contributed by atoms with Crippen molar-refractivity contribution >= 4 is 22.6 Å². The summed E-state index contributed by atoms with van der Waals surface area (Å²) in [7, 11) is 0. The number of nitrogens with zero attached hydrogens (tertiary/aromatic N) is 3. The summed E-state index contributed by atoms with van der Waals surface area (Å²) in [5.41, 5.74) is 5.47. The van der Waals surface area contributed by atoms with Gasteiger partial charge in [0.15, 0.2) is 0 Å². The third-order valence-electron chi connectivity index (χ3n) is 1.72. The van der Waals surface area contributed by atoms with E-state index in [2.05, 4.69) is 14.3 Å². The second-order valence-corrected chi connectivity index (χ2v) is 3.32. The van der Waals surface area contributed by atoms with Crippen LogP contribution in [0.5, 0.6) is 0 Å². The molecule has 2 rings (SSSR count). The number of hydrogen-bond acceptors (Lipinski definition) is 6. The zero-order valence-electron chi connectivity index (χ0n) is 6.56. The van der Waals surface area contributed by atoms with Gasteiger partial charge in [-0.15, -0.1) is 0 Å². The number of ether oxygens (including phenoxy) is 1. The zero-order chi connectivity index (χ0) is 8.39. The number of nitrogen functional groups attached to an aromatic ring is 1. The van der Waals surface area contributed by atoms with Crippen molar-refractivity contribution in [3.05, 3.63) is 0 Å². The first-order valence-electron chi connectivity index (χ1n) is 3.78. The average molecular weight is 186 g/mol. The lowest BCUT2D eigenvalue weighted by Crippen LogP contribution is -2.36. The summed E-state index contributed by atoms with van der Waals surface area (Å²) in [6.45, 7) is 3.21. The van der Waals surface area contributed by atoms with Crippen LogP contribution in [0.25, 0.3) is 0 Å². The van der Waals surface area contributed by atoms with Crippen LogP contribution in [0.4, 0.5) is 11.1 Å². The fraction of sp³-hybridized carbons (Fsp3) is 0.667. The van der Waals surface area contributed by atoms with Crippen LogP contribution in [0, 0.1) is 0 Å². The Balaban J connectivity index is 2.08. The van der Waals surface area contributed by atoms with Crippen LogP contribution in [0.3, 0.4) is 0 Å². The molecule has 2 N–H and O–H groups in total. The molecule has 1 aliphatic heterocycles. The van der Waals surface area contributed by atoms with Gasteiger partial charge in [0.2, 0.25) is 11.1 Å². The van der Waals surface area contributed by atoms with Gasteiger partial charge < -0.3 is 15.4 Å². The molecule has 0 bridgehead atoms. The molecule has 2 heterocycles. The molecule has 66 valence electrons. The van der Waals surface area contributed by atoms with Gasteiger partial charge in [-0.2, -0.15) is 9.36 Å². The summed E-state index contributed by atoms with van der Waals surface area (Å²) in [5, 5.41) is 0.525. The van der Waals surface area contributed by atoms with Crippen LogP contribution in [-0.2, 0) is 4.74 Å². The summed E-state index contributed by atoms with van der Waals surface area (Å²) in [5.74, 6) is 0.737. The van der Waals surface area contributed by atoms with E-state index in [1.54, 1.807) is 0 Å². The predicted molar refractivity (Wildman–Crippen MR) is 47.4 cm³/mol. The molecule has 0 aliphatic carbocycles. The Morgan fingerprint density at radius 1 is 1.42 bits per heavy atom. The molecule has 6 heteroatoms. The lowest BCUT2D eigenvalue weighted by molar-refractivity contribution is 0.122. The van der Waals surface area contributed by atoms with Gasteiger partial charge in [0.25, 0.3) is 0 Å². The fourth-order valence-corrected chi connectivity index (χ4v) is 1.57. The van der Waals surface area contributed by atoms with Crippen molar-refractivity contribution in [2.24, 2.45) is 0 Å². The third-order valence-corrected chi connectivity index (χ3v) is 2.26. The molecule has 5 nitrogen and oxygen atoms in total. The maximum Gasteiger partial charge on any atom is 0.239 e. The molecule has 1 aromatic heterocycles. The molecule has 0 saturated carbocycles. The largest absolute Gasteiger partial charge is 0.378 e. The van der Waals surface area contributed by atoms with Gasteiger partial charge in [0, 0.05) is 24.6 Å². The molecular weight excluding hydrogens is 176 g/mol. The molecule has 0 unspecified atom stereocenters. The average Bonchev–Trinajstić information content (AvgIpc) is 2.54. The van der Waals surface area contributed by atoms with E-state index in [0.717, 1.165) is 32.3 Å². The number of morpholine rings is 1. The van der Waals surface area contributed by atoms with Crippen molar-refractivity contribution in [2.45, 2.75) is 0 Å². The molecule has 1 aliphatic rings. The Hall–Kier alpha value is -0.880. The molecule has 0 atom stereocenters. The van der Waals surface area contributed by atoms with Gasteiger partial charge in [-0.1, -0.05) is 0 Å². The SMILES string of the molecule is Nc1nc(N2CCOCC2)ns1. The van der Waals surface area contributed by atoms with E-state index < -0.39 is 0 Å². The quantitative estimate of drug-likeness (QED) is 0.666. The smallest absolute Gasteiger partial charge is 0.239 e. The molecule has 0 radical (unpaired) electrons. The summed E-state index contributed by atoms with van der Waals surface area (Å²) in [4.78, 5) is 6.17. The minimum atomic E-state index is 0.525. The molecule has 0 spiro atoms. The standard InChI is InChI=1S/C6H10N4OS/c7-5-8-6(9-12-5)10-1-3-11-4-2-10/h1-4H2,(H2,7,8,9). The summed E-state index contributed by atoms with van der Waals surface area (Å²) >= 11 is 1.23. The summed E-state index contributed by atoms with van der Waals surface area (Å²) < 4.78 is 9.32. The molecule has 0 amide bonds. The van der Waals surface area contributed by atoms with Crippen LogP contribution in [0.2, 0.25) is 0 Å². The van der Waals surface area contributed by atoms with Crippen molar-refractivity contribution in [3.8, 4) is 0 Å². The van der Waals surface area contributed by atoms with Crippen molar-refractivity contribution in [3.63, 3.8) is 0 Å². The van der Waals surface area contributed by atoms with Crippen molar-refractivity contribution in [1.29, 1.82) is 0 Å². The van der Waals surface area contributed by atoms with E-state index in [0.29, 0.717) is 5.13 Å². The Labute approximate surface area is 74.3 Å². The predicted octanol–water partition coefficient (Wildman–Crippen LogP) is -0.0431. The first kappa shape index (κ1) is 7.75. The maximum atomic E-state index is 5.47. The molecular formula is C6H10N4OS. The maximum absolute atomic E-state index is 5.47. The minimum Gasteiger partial charge on any atom is -0.378 e. The Bertz CT molecular complexity index is 258. The number of anilines is 2. The fourth-order valence-electron chi connectivity index (χ4n) is 1.12. The van der Waals surface area contributed by atoms with Crippen LogP contribution in [0.1, 0.15) is 0 Å². The lowest BCUT2D eigenvalue weighted by atomic mass is 10.4. The summed E-state index contributed by atoms with van der Waals surface area (Å²) in [6, 6.07) is 0. The van der Waals surface area contributed by atoms with Gasteiger partial charge in [-0.3, -0.25) is 0 Å². The highest BCUT2D eigenvalue weighted by Gasteiger charge is 2.14.